The molecule has 0 heterocycles. The van der Waals surface area contributed by atoms with Gasteiger partial charge in [0.2, 0.25) is 5.91 Å². The van der Waals surface area contributed by atoms with Gasteiger partial charge in [0.25, 0.3) is 5.91 Å². The quantitative estimate of drug-likeness (QED) is 0.209. The van der Waals surface area contributed by atoms with Gasteiger partial charge in [-0.2, -0.15) is 13.2 Å². The highest BCUT2D eigenvalue weighted by Crippen LogP contribution is 2.65. The number of amides is 2. The first-order chi connectivity index (χ1) is 17.3. The third kappa shape index (κ3) is 6.86. The van der Waals surface area contributed by atoms with Crippen molar-refractivity contribution in [2.75, 3.05) is 16.4 Å². The molecule has 2 amide bonds. The highest BCUT2D eigenvalue weighted by molar-refractivity contribution is 7.99. The molecule has 0 aliphatic heterocycles. The lowest BCUT2D eigenvalue weighted by atomic mass is 10.1. The number of anilines is 2. The Kier molecular flexibility index (Phi) is 8.26. The molecule has 3 aromatic rings. The predicted molar refractivity (Wildman–Crippen MR) is 143 cm³/mol. The van der Waals surface area contributed by atoms with Gasteiger partial charge >= 0.3 is 6.18 Å². The number of carbonyl (C=O) groups is 2. The Bertz CT molecular complexity index is 1320. The summed E-state index contributed by atoms with van der Waals surface area (Å²) in [6.45, 7) is 0. The van der Waals surface area contributed by atoms with Crippen LogP contribution in [0.25, 0.3) is 0 Å². The minimum absolute atomic E-state index is 0.170. The van der Waals surface area contributed by atoms with Gasteiger partial charge in [0.05, 0.1) is 22.9 Å². The molecule has 12 heteroatoms. The van der Waals surface area contributed by atoms with E-state index in [9.17, 15) is 22.8 Å². The first-order valence-corrected chi connectivity index (χ1v) is 13.2. The van der Waals surface area contributed by atoms with E-state index >= 15 is 0 Å². The lowest BCUT2D eigenvalue weighted by molar-refractivity contribution is -0.117. The highest BCUT2D eigenvalue weighted by atomic mass is 35.5. The minimum Gasteiger partial charge on any atom is -0.325 e. The summed E-state index contributed by atoms with van der Waals surface area (Å²) in [6.07, 6.45) is -4.28. The maximum absolute atomic E-state index is 13.1. The Morgan fingerprint density at radius 1 is 0.919 bits per heavy atom. The van der Waals surface area contributed by atoms with Gasteiger partial charge in [0, 0.05) is 26.5 Å². The topological polar surface area (TPSA) is 58.2 Å². The highest BCUT2D eigenvalue weighted by Gasteiger charge is 2.67. The van der Waals surface area contributed by atoms with Crippen LogP contribution in [0, 0.1) is 5.92 Å². The third-order valence-corrected chi connectivity index (χ3v) is 7.98. The average Bonchev–Trinajstić information content (AvgIpc) is 3.40. The zero-order chi connectivity index (χ0) is 27.0. The molecule has 2 atom stereocenters. The van der Waals surface area contributed by atoms with E-state index in [1.807, 2.05) is 0 Å². The molecule has 0 bridgehead atoms. The predicted octanol–water partition coefficient (Wildman–Crippen LogP) is 8.43. The summed E-state index contributed by atoms with van der Waals surface area (Å²) in [5.41, 5.74) is 1.40. The van der Waals surface area contributed by atoms with Crippen LogP contribution in [-0.2, 0) is 4.79 Å². The van der Waals surface area contributed by atoms with Crippen molar-refractivity contribution in [3.05, 3.63) is 87.9 Å². The Hall–Kier alpha value is -2.10. The van der Waals surface area contributed by atoms with Crippen LogP contribution in [0.15, 0.2) is 71.6 Å². The summed E-state index contributed by atoms with van der Waals surface area (Å²) in [4.78, 5) is 26.4. The van der Waals surface area contributed by atoms with E-state index < -0.39 is 39.9 Å². The molecule has 194 valence electrons. The number of nitrogens with one attached hydrogen (secondary N) is 2. The van der Waals surface area contributed by atoms with Crippen molar-refractivity contribution in [3.63, 3.8) is 0 Å². The summed E-state index contributed by atoms with van der Waals surface area (Å²) in [5.74, 6) is -3.39. The number of benzene rings is 3. The smallest absolute Gasteiger partial charge is 0.325 e. The number of para-hydroxylation sites is 1. The molecule has 0 radical (unpaired) electrons. The van der Waals surface area contributed by atoms with E-state index in [1.165, 1.54) is 30.3 Å². The number of halogens is 7. The monoisotopic (exact) mass is 606 g/mol. The van der Waals surface area contributed by atoms with Gasteiger partial charge in [0.1, 0.15) is 4.33 Å². The van der Waals surface area contributed by atoms with Crippen LogP contribution in [0.4, 0.5) is 24.5 Å². The lowest BCUT2D eigenvalue weighted by Gasteiger charge is -2.12. The molecular weight excluding hydrogens is 591 g/mol. The van der Waals surface area contributed by atoms with Crippen molar-refractivity contribution in [2.45, 2.75) is 21.3 Å². The van der Waals surface area contributed by atoms with Crippen LogP contribution in [-0.4, -0.2) is 28.1 Å². The van der Waals surface area contributed by atoms with E-state index in [0.29, 0.717) is 38.0 Å². The maximum Gasteiger partial charge on any atom is 0.398 e. The van der Waals surface area contributed by atoms with Gasteiger partial charge in [0.15, 0.2) is 0 Å². The summed E-state index contributed by atoms with van der Waals surface area (Å²) < 4.78 is 35.8. The van der Waals surface area contributed by atoms with E-state index in [0.717, 1.165) is 0 Å². The van der Waals surface area contributed by atoms with Gasteiger partial charge in [-0.25, -0.2) is 0 Å². The summed E-state index contributed by atoms with van der Waals surface area (Å²) in [6, 6.07) is 17.1. The normalized spacial score (nSPS) is 18.2. The van der Waals surface area contributed by atoms with Crippen LogP contribution in [0.1, 0.15) is 21.8 Å². The third-order valence-electron chi connectivity index (χ3n) is 5.52. The van der Waals surface area contributed by atoms with Crippen molar-refractivity contribution in [1.82, 2.24) is 0 Å². The second kappa shape index (κ2) is 10.9. The van der Waals surface area contributed by atoms with Crippen molar-refractivity contribution >= 4 is 81.4 Å². The number of hydrogen-bond acceptors (Lipinski definition) is 3. The Balaban J connectivity index is 1.45. The fourth-order valence-corrected chi connectivity index (χ4v) is 5.85. The maximum atomic E-state index is 13.1. The average molecular weight is 608 g/mol. The van der Waals surface area contributed by atoms with Crippen molar-refractivity contribution < 1.29 is 22.8 Å². The first kappa shape index (κ1) is 27.9. The van der Waals surface area contributed by atoms with E-state index in [4.69, 9.17) is 46.4 Å². The van der Waals surface area contributed by atoms with Crippen LogP contribution in [0.3, 0.4) is 0 Å². The fourth-order valence-electron chi connectivity index (χ4n) is 3.82. The molecule has 2 unspecified atom stereocenters. The zero-order valence-electron chi connectivity index (χ0n) is 18.6. The molecule has 1 fully saturated rings. The van der Waals surface area contributed by atoms with Crippen molar-refractivity contribution in [3.8, 4) is 0 Å². The second-order valence-electron chi connectivity index (χ2n) is 8.25. The molecule has 1 aliphatic carbocycles. The molecule has 37 heavy (non-hydrogen) atoms. The van der Waals surface area contributed by atoms with Gasteiger partial charge < -0.3 is 10.6 Å². The summed E-state index contributed by atoms with van der Waals surface area (Å²) in [5, 5.41) is 6.16. The van der Waals surface area contributed by atoms with Crippen LogP contribution >= 0.6 is 58.2 Å². The largest absolute Gasteiger partial charge is 0.398 e. The number of carbonyl (C=O) groups excluding carboxylic acids is 2. The molecule has 4 rings (SSSR count). The van der Waals surface area contributed by atoms with E-state index in [1.54, 1.807) is 36.4 Å². The van der Waals surface area contributed by atoms with Crippen LogP contribution < -0.4 is 10.6 Å². The van der Waals surface area contributed by atoms with Crippen molar-refractivity contribution in [2.24, 2.45) is 5.92 Å². The molecule has 1 aliphatic rings. The Labute approximate surface area is 234 Å². The molecule has 0 spiro atoms. The van der Waals surface area contributed by atoms with Gasteiger partial charge in [-0.3, -0.25) is 9.59 Å². The lowest BCUT2D eigenvalue weighted by Crippen LogP contribution is -2.21. The first-order valence-electron chi connectivity index (χ1n) is 10.7. The molecule has 0 saturated heterocycles. The number of alkyl halides is 5. The van der Waals surface area contributed by atoms with Crippen LogP contribution in [0.2, 0.25) is 10.0 Å². The molecule has 2 N–H and O–H groups in total. The molecule has 1 saturated carbocycles. The van der Waals surface area contributed by atoms with Gasteiger partial charge in [-0.1, -0.05) is 35.3 Å². The standard InChI is InChI=1S/C25H17Cl4F3N2O2S/c26-14-9-13(10-15(27)11-14)20-21(25(20,28)29)23(36)34-19-4-2-1-3-18(19)22(35)33-16-5-7-17(8-6-16)37-12-24(30,31)32/h1-11,20-21H,12H2,(H,33,35)(H,34,36). The Morgan fingerprint density at radius 3 is 2.16 bits per heavy atom. The van der Waals surface area contributed by atoms with E-state index in [-0.39, 0.29) is 11.3 Å². The molecular formula is C25H17Cl4F3N2O2S. The van der Waals surface area contributed by atoms with Crippen molar-refractivity contribution in [1.29, 1.82) is 0 Å². The number of thioether (sulfide) groups is 1. The number of hydrogen-bond donors (Lipinski definition) is 2. The second-order valence-corrected chi connectivity index (χ2v) is 11.6. The summed E-state index contributed by atoms with van der Waals surface area (Å²) >= 11 is 25.6. The summed E-state index contributed by atoms with van der Waals surface area (Å²) in [7, 11) is 0. The fraction of sp³-hybridized carbons (Fsp3) is 0.200. The molecule has 4 nitrogen and oxygen atoms in total. The zero-order valence-corrected chi connectivity index (χ0v) is 22.4. The minimum atomic E-state index is -4.28. The Morgan fingerprint density at radius 2 is 1.54 bits per heavy atom. The van der Waals surface area contributed by atoms with E-state index in [2.05, 4.69) is 10.6 Å². The van der Waals surface area contributed by atoms with Gasteiger partial charge in [-0.15, -0.1) is 35.0 Å². The molecule has 3 aromatic carbocycles. The SMILES string of the molecule is O=C(Nc1ccc(SCC(F)(F)F)cc1)c1ccccc1NC(=O)C1C(c2cc(Cl)cc(Cl)c2)C1(Cl)Cl. The van der Waals surface area contributed by atoms with Crippen LogP contribution in [0.5, 0.6) is 0 Å². The number of rotatable bonds is 7. The van der Waals surface area contributed by atoms with Gasteiger partial charge in [-0.05, 0) is 60.2 Å². The molecule has 0 aromatic heterocycles.